The molecule has 1 aromatic rings. The summed E-state index contributed by atoms with van der Waals surface area (Å²) in [5.41, 5.74) is 0.703. The van der Waals surface area contributed by atoms with Gasteiger partial charge in [0.15, 0.2) is 0 Å². The Kier molecular flexibility index (Phi) is 5.16. The molecular formula is C14H22N2O2. The molecule has 0 unspecified atom stereocenters. The van der Waals surface area contributed by atoms with Crippen molar-refractivity contribution in [2.45, 2.75) is 26.3 Å². The standard InChI is InChI=1S/C14H22N2O2/c1-14(2,3)15-13(18)11-16(9-10-17)12-7-5-4-6-8-12/h4-8,17H,9-11H2,1-3H3,(H,15,18). The van der Waals surface area contributed by atoms with Crippen LogP contribution in [0, 0.1) is 0 Å². The number of nitrogens with zero attached hydrogens (tertiary/aromatic N) is 1. The topological polar surface area (TPSA) is 52.6 Å². The lowest BCUT2D eigenvalue weighted by atomic mass is 10.1. The number of hydrogen-bond acceptors (Lipinski definition) is 3. The molecule has 0 heterocycles. The van der Waals surface area contributed by atoms with Crippen molar-refractivity contribution >= 4 is 11.6 Å². The Bertz CT molecular complexity index is 371. The summed E-state index contributed by atoms with van der Waals surface area (Å²) in [6.45, 7) is 6.57. The van der Waals surface area contributed by atoms with Crippen LogP contribution in [0.4, 0.5) is 5.69 Å². The molecule has 0 aromatic heterocycles. The van der Waals surface area contributed by atoms with Crippen molar-refractivity contribution in [3.63, 3.8) is 0 Å². The second-order valence-electron chi connectivity index (χ2n) is 5.28. The number of aliphatic hydroxyl groups excluding tert-OH is 1. The Morgan fingerprint density at radius 2 is 1.89 bits per heavy atom. The molecule has 0 aliphatic heterocycles. The first-order valence-electron chi connectivity index (χ1n) is 6.14. The number of nitrogens with one attached hydrogen (secondary N) is 1. The lowest BCUT2D eigenvalue weighted by Crippen LogP contribution is -2.46. The van der Waals surface area contributed by atoms with E-state index in [1.54, 1.807) is 0 Å². The molecule has 2 N–H and O–H groups in total. The second-order valence-corrected chi connectivity index (χ2v) is 5.28. The summed E-state index contributed by atoms with van der Waals surface area (Å²) in [4.78, 5) is 13.7. The van der Waals surface area contributed by atoms with E-state index in [0.717, 1.165) is 5.69 Å². The van der Waals surface area contributed by atoms with E-state index in [1.165, 1.54) is 0 Å². The van der Waals surface area contributed by atoms with Crippen LogP contribution in [0.1, 0.15) is 20.8 Å². The third-order valence-electron chi connectivity index (χ3n) is 2.34. The van der Waals surface area contributed by atoms with Crippen LogP contribution in [0.15, 0.2) is 30.3 Å². The van der Waals surface area contributed by atoms with Gasteiger partial charge in [0.05, 0.1) is 13.2 Å². The fourth-order valence-corrected chi connectivity index (χ4v) is 1.69. The molecular weight excluding hydrogens is 228 g/mol. The highest BCUT2D eigenvalue weighted by molar-refractivity contribution is 5.81. The predicted molar refractivity (Wildman–Crippen MR) is 73.6 cm³/mol. The van der Waals surface area contributed by atoms with Crippen molar-refractivity contribution in [1.82, 2.24) is 5.32 Å². The quantitative estimate of drug-likeness (QED) is 0.830. The normalized spacial score (nSPS) is 11.1. The van der Waals surface area contributed by atoms with E-state index in [4.69, 9.17) is 5.11 Å². The van der Waals surface area contributed by atoms with Crippen LogP contribution in [0.25, 0.3) is 0 Å². The summed E-state index contributed by atoms with van der Waals surface area (Å²) < 4.78 is 0. The fraction of sp³-hybridized carbons (Fsp3) is 0.500. The van der Waals surface area contributed by atoms with Crippen LogP contribution in [0.3, 0.4) is 0 Å². The van der Waals surface area contributed by atoms with Gasteiger partial charge < -0.3 is 15.3 Å². The van der Waals surface area contributed by atoms with Gasteiger partial charge in [-0.3, -0.25) is 4.79 Å². The van der Waals surface area contributed by atoms with Gasteiger partial charge in [0, 0.05) is 17.8 Å². The summed E-state index contributed by atoms with van der Waals surface area (Å²) in [5, 5.41) is 12.0. The molecule has 0 bridgehead atoms. The predicted octanol–water partition coefficient (Wildman–Crippen LogP) is 1.40. The molecule has 100 valence electrons. The number of aliphatic hydroxyl groups is 1. The Labute approximate surface area is 109 Å². The lowest BCUT2D eigenvalue weighted by Gasteiger charge is -2.26. The number of amides is 1. The highest BCUT2D eigenvalue weighted by Crippen LogP contribution is 2.12. The van der Waals surface area contributed by atoms with E-state index in [0.29, 0.717) is 6.54 Å². The number of hydrogen-bond donors (Lipinski definition) is 2. The van der Waals surface area contributed by atoms with Gasteiger partial charge in [-0.15, -0.1) is 0 Å². The van der Waals surface area contributed by atoms with Crippen molar-refractivity contribution in [2.24, 2.45) is 0 Å². The molecule has 4 heteroatoms. The SMILES string of the molecule is CC(C)(C)NC(=O)CN(CCO)c1ccccc1. The van der Waals surface area contributed by atoms with Gasteiger partial charge in [-0.05, 0) is 32.9 Å². The van der Waals surface area contributed by atoms with Crippen LogP contribution < -0.4 is 10.2 Å². The maximum atomic E-state index is 11.9. The zero-order valence-corrected chi connectivity index (χ0v) is 11.3. The zero-order chi connectivity index (χ0) is 13.6. The fourth-order valence-electron chi connectivity index (χ4n) is 1.69. The minimum Gasteiger partial charge on any atom is -0.395 e. The van der Waals surface area contributed by atoms with E-state index < -0.39 is 0 Å². The van der Waals surface area contributed by atoms with Crippen molar-refractivity contribution in [1.29, 1.82) is 0 Å². The molecule has 18 heavy (non-hydrogen) atoms. The van der Waals surface area contributed by atoms with Crippen LogP contribution >= 0.6 is 0 Å². The number of carbonyl (C=O) groups is 1. The van der Waals surface area contributed by atoms with Crippen molar-refractivity contribution in [3.8, 4) is 0 Å². The summed E-state index contributed by atoms with van der Waals surface area (Å²) in [7, 11) is 0. The maximum Gasteiger partial charge on any atom is 0.239 e. The third kappa shape index (κ3) is 5.19. The van der Waals surface area contributed by atoms with Crippen molar-refractivity contribution in [2.75, 3.05) is 24.6 Å². The van der Waals surface area contributed by atoms with Gasteiger partial charge in [-0.1, -0.05) is 18.2 Å². The summed E-state index contributed by atoms with van der Waals surface area (Å²) >= 11 is 0. The largest absolute Gasteiger partial charge is 0.395 e. The van der Waals surface area contributed by atoms with Gasteiger partial charge in [0.2, 0.25) is 5.91 Å². The van der Waals surface area contributed by atoms with Gasteiger partial charge in [0.1, 0.15) is 0 Å². The summed E-state index contributed by atoms with van der Waals surface area (Å²) in [6, 6.07) is 9.62. The smallest absolute Gasteiger partial charge is 0.239 e. The Morgan fingerprint density at radius 1 is 1.28 bits per heavy atom. The number of para-hydroxylation sites is 1. The minimum atomic E-state index is -0.237. The van der Waals surface area contributed by atoms with Crippen molar-refractivity contribution in [3.05, 3.63) is 30.3 Å². The lowest BCUT2D eigenvalue weighted by molar-refractivity contribution is -0.121. The summed E-state index contributed by atoms with van der Waals surface area (Å²) in [5.74, 6) is -0.0418. The zero-order valence-electron chi connectivity index (χ0n) is 11.3. The van der Waals surface area contributed by atoms with Crippen LogP contribution in [0.2, 0.25) is 0 Å². The first kappa shape index (κ1) is 14.5. The van der Waals surface area contributed by atoms with E-state index in [9.17, 15) is 4.79 Å². The minimum absolute atomic E-state index is 0.0255. The van der Waals surface area contributed by atoms with E-state index in [2.05, 4.69) is 5.32 Å². The van der Waals surface area contributed by atoms with Crippen LogP contribution in [-0.4, -0.2) is 36.2 Å². The third-order valence-corrected chi connectivity index (χ3v) is 2.34. The molecule has 4 nitrogen and oxygen atoms in total. The van der Waals surface area contributed by atoms with E-state index in [1.807, 2.05) is 56.0 Å². The molecule has 1 rings (SSSR count). The molecule has 0 fully saturated rings. The highest BCUT2D eigenvalue weighted by Gasteiger charge is 2.16. The van der Waals surface area contributed by atoms with E-state index >= 15 is 0 Å². The molecule has 1 amide bonds. The van der Waals surface area contributed by atoms with Gasteiger partial charge in [-0.25, -0.2) is 0 Å². The molecule has 0 aliphatic carbocycles. The van der Waals surface area contributed by atoms with Crippen LogP contribution in [0.5, 0.6) is 0 Å². The molecule has 1 aromatic carbocycles. The molecule has 0 saturated heterocycles. The number of rotatable bonds is 5. The van der Waals surface area contributed by atoms with Gasteiger partial charge >= 0.3 is 0 Å². The second kappa shape index (κ2) is 6.40. The molecule has 0 aliphatic rings. The van der Waals surface area contributed by atoms with Gasteiger partial charge in [0.25, 0.3) is 0 Å². The first-order valence-corrected chi connectivity index (χ1v) is 6.14. The monoisotopic (exact) mass is 250 g/mol. The molecule has 0 radical (unpaired) electrons. The molecule has 0 atom stereocenters. The van der Waals surface area contributed by atoms with E-state index in [-0.39, 0.29) is 24.6 Å². The average Bonchev–Trinajstić information content (AvgIpc) is 2.27. The average molecular weight is 250 g/mol. The Balaban J connectivity index is 2.67. The summed E-state index contributed by atoms with van der Waals surface area (Å²) in [6.07, 6.45) is 0. The number of carbonyl (C=O) groups excluding carboxylic acids is 1. The Hall–Kier alpha value is -1.55. The number of anilines is 1. The Morgan fingerprint density at radius 3 is 2.39 bits per heavy atom. The van der Waals surface area contributed by atoms with Gasteiger partial charge in [-0.2, -0.15) is 0 Å². The number of benzene rings is 1. The van der Waals surface area contributed by atoms with Crippen molar-refractivity contribution < 1.29 is 9.90 Å². The molecule has 0 saturated carbocycles. The molecule has 0 spiro atoms. The maximum absolute atomic E-state index is 11.9. The highest BCUT2D eigenvalue weighted by atomic mass is 16.3. The van der Waals surface area contributed by atoms with Crippen LogP contribution in [-0.2, 0) is 4.79 Å². The first-order chi connectivity index (χ1) is 8.42.